The Hall–Kier alpha value is -2.21. The van der Waals surface area contributed by atoms with Gasteiger partial charge in [0.25, 0.3) is 0 Å². The number of aliphatic imine (C=N–C) groups is 1. The van der Waals surface area contributed by atoms with Gasteiger partial charge in [0.05, 0.1) is 26.9 Å². The molecule has 1 rings (SSSR count). The minimum atomic E-state index is -0.737. The highest BCUT2D eigenvalue weighted by Gasteiger charge is 2.12. The number of benzene rings is 1. The molecular formula is C19H31N3O3. The number of methoxy groups -OCH3 is 2. The van der Waals surface area contributed by atoms with Crippen molar-refractivity contribution < 1.29 is 14.6 Å². The van der Waals surface area contributed by atoms with Crippen molar-refractivity contribution in [1.82, 2.24) is 10.2 Å². The third-order valence-electron chi connectivity index (χ3n) is 3.77. The number of aliphatic hydroxyl groups excluding tert-OH is 1. The first-order valence-electron chi connectivity index (χ1n) is 8.57. The number of aliphatic hydroxyl groups is 1. The molecule has 6 nitrogen and oxygen atoms in total. The molecule has 0 fully saturated rings. The number of ether oxygens (including phenoxy) is 2. The number of allylic oxidation sites excluding steroid dienone is 1. The first-order chi connectivity index (χ1) is 12.0. The van der Waals surface area contributed by atoms with E-state index in [-0.39, 0.29) is 6.54 Å². The zero-order chi connectivity index (χ0) is 18.7. The summed E-state index contributed by atoms with van der Waals surface area (Å²) in [5.74, 6) is 2.07. The Kier molecular flexibility index (Phi) is 9.47. The lowest BCUT2D eigenvalue weighted by atomic mass is 10.1. The molecule has 2 N–H and O–H groups in total. The van der Waals surface area contributed by atoms with E-state index in [0.717, 1.165) is 31.9 Å². The number of unbranched alkanes of at least 4 members (excludes halogenated alkanes) is 1. The maximum Gasteiger partial charge on any atom is 0.193 e. The third-order valence-corrected chi connectivity index (χ3v) is 3.77. The van der Waals surface area contributed by atoms with Crippen molar-refractivity contribution in [1.29, 1.82) is 0 Å². The molecule has 1 atom stereocenters. The summed E-state index contributed by atoms with van der Waals surface area (Å²) in [6.07, 6.45) is 3.16. The minimum absolute atomic E-state index is 0.254. The van der Waals surface area contributed by atoms with Crippen LogP contribution in [0.2, 0.25) is 0 Å². The van der Waals surface area contributed by atoms with Crippen LogP contribution in [0.3, 0.4) is 0 Å². The van der Waals surface area contributed by atoms with E-state index in [1.807, 2.05) is 20.0 Å². The monoisotopic (exact) mass is 349 g/mol. The first kappa shape index (κ1) is 20.8. The van der Waals surface area contributed by atoms with Crippen LogP contribution >= 0.6 is 0 Å². The van der Waals surface area contributed by atoms with Crippen LogP contribution in [0.15, 0.2) is 35.8 Å². The van der Waals surface area contributed by atoms with Gasteiger partial charge in [-0.1, -0.05) is 6.08 Å². The molecule has 0 aliphatic heterocycles. The predicted octanol–water partition coefficient (Wildman–Crippen LogP) is 2.60. The van der Waals surface area contributed by atoms with Gasteiger partial charge in [0.15, 0.2) is 5.96 Å². The molecule has 0 aliphatic carbocycles. The van der Waals surface area contributed by atoms with E-state index in [9.17, 15) is 5.11 Å². The van der Waals surface area contributed by atoms with Gasteiger partial charge >= 0.3 is 0 Å². The van der Waals surface area contributed by atoms with Crippen LogP contribution in [-0.2, 0) is 0 Å². The lowest BCUT2D eigenvalue weighted by Gasteiger charge is -2.22. The van der Waals surface area contributed by atoms with E-state index in [4.69, 9.17) is 9.47 Å². The van der Waals surface area contributed by atoms with Crippen LogP contribution in [-0.4, -0.2) is 56.9 Å². The molecule has 6 heteroatoms. The van der Waals surface area contributed by atoms with Crippen molar-refractivity contribution in [2.45, 2.75) is 25.9 Å². The Labute approximate surface area is 151 Å². The van der Waals surface area contributed by atoms with E-state index in [1.165, 1.54) is 0 Å². The average Bonchev–Trinajstić information content (AvgIpc) is 2.64. The SMILES string of the molecule is C=CCCCN(C)C(=NCC(O)c1cc(OC)cc(OC)c1)NCC. The molecule has 0 radical (unpaired) electrons. The molecule has 0 saturated heterocycles. The van der Waals surface area contributed by atoms with E-state index in [0.29, 0.717) is 17.1 Å². The quantitative estimate of drug-likeness (QED) is 0.294. The Balaban J connectivity index is 2.82. The Morgan fingerprint density at radius 1 is 1.32 bits per heavy atom. The highest BCUT2D eigenvalue weighted by atomic mass is 16.5. The van der Waals surface area contributed by atoms with E-state index in [1.54, 1.807) is 32.4 Å². The minimum Gasteiger partial charge on any atom is -0.497 e. The van der Waals surface area contributed by atoms with Gasteiger partial charge in [-0.15, -0.1) is 6.58 Å². The molecule has 0 aliphatic rings. The number of nitrogens with one attached hydrogen (secondary N) is 1. The first-order valence-corrected chi connectivity index (χ1v) is 8.57. The maximum atomic E-state index is 10.5. The largest absolute Gasteiger partial charge is 0.497 e. The van der Waals surface area contributed by atoms with Crippen LogP contribution in [0.1, 0.15) is 31.4 Å². The van der Waals surface area contributed by atoms with Gasteiger partial charge in [-0.2, -0.15) is 0 Å². The van der Waals surface area contributed by atoms with Gasteiger partial charge in [0, 0.05) is 26.2 Å². The fraction of sp³-hybridized carbons (Fsp3) is 0.526. The molecule has 140 valence electrons. The molecule has 0 bridgehead atoms. The summed E-state index contributed by atoms with van der Waals surface area (Å²) in [7, 11) is 5.17. The molecule has 0 spiro atoms. The van der Waals surface area contributed by atoms with Crippen LogP contribution in [0, 0.1) is 0 Å². The predicted molar refractivity (Wildman–Crippen MR) is 103 cm³/mol. The molecular weight excluding hydrogens is 318 g/mol. The fourth-order valence-electron chi connectivity index (χ4n) is 2.35. The van der Waals surface area contributed by atoms with Crippen LogP contribution in [0.25, 0.3) is 0 Å². The fourth-order valence-corrected chi connectivity index (χ4v) is 2.35. The second-order valence-corrected chi connectivity index (χ2v) is 5.71. The van der Waals surface area contributed by atoms with Crippen molar-refractivity contribution in [2.75, 3.05) is 40.9 Å². The zero-order valence-corrected chi connectivity index (χ0v) is 15.8. The normalized spacial score (nSPS) is 12.4. The summed E-state index contributed by atoms with van der Waals surface area (Å²) in [4.78, 5) is 6.61. The average molecular weight is 349 g/mol. The summed E-state index contributed by atoms with van der Waals surface area (Å²) >= 11 is 0. The van der Waals surface area contributed by atoms with Gasteiger partial charge in [0.1, 0.15) is 11.5 Å². The Morgan fingerprint density at radius 2 is 1.96 bits per heavy atom. The van der Waals surface area contributed by atoms with Crippen molar-refractivity contribution in [3.8, 4) is 11.5 Å². The van der Waals surface area contributed by atoms with Crippen molar-refractivity contribution in [3.63, 3.8) is 0 Å². The number of nitrogens with zero attached hydrogens (tertiary/aromatic N) is 2. The summed E-state index contributed by atoms with van der Waals surface area (Å²) in [5.41, 5.74) is 0.713. The Morgan fingerprint density at radius 3 is 2.48 bits per heavy atom. The number of hydrogen-bond acceptors (Lipinski definition) is 4. The molecule has 0 heterocycles. The highest BCUT2D eigenvalue weighted by Crippen LogP contribution is 2.26. The Bertz CT molecular complexity index is 539. The summed E-state index contributed by atoms with van der Waals surface area (Å²) in [5, 5.41) is 13.7. The van der Waals surface area contributed by atoms with Gasteiger partial charge in [-0.25, -0.2) is 0 Å². The number of guanidine groups is 1. The standard InChI is InChI=1S/C19H31N3O3/c1-6-8-9-10-22(3)19(20-7-2)21-14-18(23)15-11-16(24-4)13-17(12-15)25-5/h6,11-13,18,23H,1,7-10,14H2,2-5H3,(H,20,21). The maximum absolute atomic E-state index is 10.5. The van der Waals surface area contributed by atoms with Crippen LogP contribution in [0.5, 0.6) is 11.5 Å². The second kappa shape index (κ2) is 11.4. The van der Waals surface area contributed by atoms with E-state index < -0.39 is 6.10 Å². The molecule has 1 aromatic rings. The molecule has 1 aromatic carbocycles. The van der Waals surface area contributed by atoms with Crippen molar-refractivity contribution >= 4 is 5.96 Å². The van der Waals surface area contributed by atoms with Gasteiger partial charge in [-0.3, -0.25) is 4.99 Å². The van der Waals surface area contributed by atoms with E-state index >= 15 is 0 Å². The topological polar surface area (TPSA) is 66.3 Å². The number of hydrogen-bond donors (Lipinski definition) is 2. The zero-order valence-electron chi connectivity index (χ0n) is 15.8. The van der Waals surface area contributed by atoms with Gasteiger partial charge in [0.2, 0.25) is 0 Å². The van der Waals surface area contributed by atoms with Crippen LogP contribution in [0.4, 0.5) is 0 Å². The van der Waals surface area contributed by atoms with Gasteiger partial charge in [-0.05, 0) is 37.5 Å². The van der Waals surface area contributed by atoms with E-state index in [2.05, 4.69) is 21.8 Å². The van der Waals surface area contributed by atoms with Crippen molar-refractivity contribution in [2.24, 2.45) is 4.99 Å². The lowest BCUT2D eigenvalue weighted by molar-refractivity contribution is 0.185. The molecule has 0 saturated carbocycles. The summed E-state index contributed by atoms with van der Waals surface area (Å²) in [6, 6.07) is 5.36. The number of rotatable bonds is 10. The lowest BCUT2D eigenvalue weighted by Crippen LogP contribution is -2.39. The second-order valence-electron chi connectivity index (χ2n) is 5.71. The molecule has 1 unspecified atom stereocenters. The molecule has 25 heavy (non-hydrogen) atoms. The summed E-state index contributed by atoms with van der Waals surface area (Å²) in [6.45, 7) is 7.67. The van der Waals surface area contributed by atoms with Gasteiger partial charge < -0.3 is 24.8 Å². The smallest absolute Gasteiger partial charge is 0.193 e. The molecule has 0 aromatic heterocycles. The summed E-state index contributed by atoms with van der Waals surface area (Å²) < 4.78 is 10.5. The van der Waals surface area contributed by atoms with Crippen LogP contribution < -0.4 is 14.8 Å². The molecule has 0 amide bonds. The van der Waals surface area contributed by atoms with Crippen molar-refractivity contribution in [3.05, 3.63) is 36.4 Å². The highest BCUT2D eigenvalue weighted by molar-refractivity contribution is 5.79. The third kappa shape index (κ3) is 7.05.